The van der Waals surface area contributed by atoms with Crippen LogP contribution in [0.15, 0.2) is 47.6 Å². The molecule has 0 aromatic carbocycles. The van der Waals surface area contributed by atoms with Gasteiger partial charge in [-0.1, -0.05) is 70.2 Å². The third kappa shape index (κ3) is 3.24. The van der Waals surface area contributed by atoms with E-state index in [1.54, 1.807) is 0 Å². The largest absolute Gasteiger partial charge is 0.0844 e. The lowest BCUT2D eigenvalue weighted by Crippen LogP contribution is -2.36. The highest BCUT2D eigenvalue weighted by atomic mass is 127. The summed E-state index contributed by atoms with van der Waals surface area (Å²) in [6.45, 7) is 0. The highest BCUT2D eigenvalue weighted by Gasteiger charge is 2.40. The molecule has 25 heavy (non-hydrogen) atoms. The van der Waals surface area contributed by atoms with Gasteiger partial charge in [0.1, 0.15) is 0 Å². The van der Waals surface area contributed by atoms with Gasteiger partial charge in [-0.2, -0.15) is 0 Å². The van der Waals surface area contributed by atoms with E-state index in [-0.39, 0.29) is 0 Å². The van der Waals surface area contributed by atoms with E-state index in [0.717, 1.165) is 39.4 Å². The number of halogens is 1. The summed E-state index contributed by atoms with van der Waals surface area (Å²) in [5.41, 5.74) is 3.65. The fourth-order valence-electron chi connectivity index (χ4n) is 6.58. The van der Waals surface area contributed by atoms with Gasteiger partial charge in [0, 0.05) is 3.92 Å². The van der Waals surface area contributed by atoms with E-state index < -0.39 is 0 Å². The van der Waals surface area contributed by atoms with Crippen molar-refractivity contribution >= 4 is 22.6 Å². The Morgan fingerprint density at radius 1 is 0.920 bits per heavy atom. The standard InChI is InChI=1S/C24H31I/c25-22-11-9-18-13-17(6-7-20(18)15-22)19-10-12-24-21(14-19)8-5-16-3-1-2-4-23(16)24/h1-4,10,13,16-17,20-24H,5-9,11-12,14-15H2. The summed E-state index contributed by atoms with van der Waals surface area (Å²) in [5, 5.41) is 0. The molecule has 0 N–H and O–H groups in total. The maximum atomic E-state index is 2.73. The lowest BCUT2D eigenvalue weighted by Gasteiger charge is -2.45. The van der Waals surface area contributed by atoms with Gasteiger partial charge in [-0.25, -0.2) is 0 Å². The van der Waals surface area contributed by atoms with E-state index in [1.807, 2.05) is 11.1 Å². The molecule has 0 aromatic rings. The third-order valence-corrected chi connectivity index (χ3v) is 9.08. The first-order valence-electron chi connectivity index (χ1n) is 10.7. The molecule has 0 saturated heterocycles. The van der Waals surface area contributed by atoms with Crippen molar-refractivity contribution in [3.05, 3.63) is 47.6 Å². The SMILES string of the molecule is IC1CCC2=CC(C3=CCC4C(CCC5C=CC=CC54)C3)CCC2C1. The van der Waals surface area contributed by atoms with Crippen molar-refractivity contribution in [2.75, 3.05) is 0 Å². The van der Waals surface area contributed by atoms with E-state index in [2.05, 4.69) is 59.0 Å². The quantitative estimate of drug-likeness (QED) is 0.230. The second kappa shape index (κ2) is 7.02. The van der Waals surface area contributed by atoms with Gasteiger partial charge in [-0.15, -0.1) is 0 Å². The topological polar surface area (TPSA) is 0 Å². The molecule has 7 unspecified atom stereocenters. The summed E-state index contributed by atoms with van der Waals surface area (Å²) < 4.78 is 0.929. The van der Waals surface area contributed by atoms with Crippen LogP contribution in [-0.4, -0.2) is 3.92 Å². The fourth-order valence-corrected chi connectivity index (χ4v) is 7.50. The van der Waals surface area contributed by atoms with E-state index in [4.69, 9.17) is 0 Å². The van der Waals surface area contributed by atoms with Crippen molar-refractivity contribution in [2.45, 2.75) is 61.7 Å². The molecular weight excluding hydrogens is 415 g/mol. The number of fused-ring (bicyclic) bond motifs is 4. The molecule has 5 rings (SSSR count). The second-order valence-electron chi connectivity index (χ2n) is 9.23. The van der Waals surface area contributed by atoms with Crippen LogP contribution in [0.3, 0.4) is 0 Å². The number of rotatable bonds is 1. The smallest absolute Gasteiger partial charge is 0.0118 e. The summed E-state index contributed by atoms with van der Waals surface area (Å²) in [6, 6.07) is 0. The van der Waals surface area contributed by atoms with Gasteiger partial charge in [-0.3, -0.25) is 0 Å². The summed E-state index contributed by atoms with van der Waals surface area (Å²) in [4.78, 5) is 0. The first-order valence-corrected chi connectivity index (χ1v) is 11.9. The fraction of sp³-hybridized carbons (Fsp3) is 0.667. The third-order valence-electron chi connectivity index (χ3n) is 7.95. The molecule has 0 bridgehead atoms. The van der Waals surface area contributed by atoms with Crippen molar-refractivity contribution in [1.82, 2.24) is 0 Å². The lowest BCUT2D eigenvalue weighted by molar-refractivity contribution is 0.135. The van der Waals surface area contributed by atoms with Gasteiger partial charge in [0.15, 0.2) is 0 Å². The van der Waals surface area contributed by atoms with Crippen LogP contribution in [0, 0.1) is 35.5 Å². The molecular formula is C24H31I. The minimum Gasteiger partial charge on any atom is -0.0844 e. The lowest BCUT2D eigenvalue weighted by atomic mass is 9.59. The van der Waals surface area contributed by atoms with Crippen LogP contribution >= 0.6 is 22.6 Å². The molecule has 5 aliphatic rings. The second-order valence-corrected chi connectivity index (χ2v) is 11.0. The van der Waals surface area contributed by atoms with Gasteiger partial charge >= 0.3 is 0 Å². The minimum absolute atomic E-state index is 0.789. The molecule has 134 valence electrons. The van der Waals surface area contributed by atoms with Crippen LogP contribution in [0.2, 0.25) is 0 Å². The molecule has 2 fully saturated rings. The van der Waals surface area contributed by atoms with E-state index in [0.29, 0.717) is 0 Å². The highest BCUT2D eigenvalue weighted by molar-refractivity contribution is 14.1. The van der Waals surface area contributed by atoms with Crippen LogP contribution in [0.25, 0.3) is 0 Å². The van der Waals surface area contributed by atoms with Crippen LogP contribution in [0.4, 0.5) is 0 Å². The molecule has 5 aliphatic carbocycles. The monoisotopic (exact) mass is 446 g/mol. The van der Waals surface area contributed by atoms with E-state index in [9.17, 15) is 0 Å². The van der Waals surface area contributed by atoms with Gasteiger partial charge in [0.05, 0.1) is 0 Å². The Balaban J connectivity index is 1.32. The normalized spacial score (nSPS) is 45.7. The Labute approximate surface area is 167 Å². The van der Waals surface area contributed by atoms with Gasteiger partial charge in [0.2, 0.25) is 0 Å². The zero-order valence-corrected chi connectivity index (χ0v) is 17.4. The van der Waals surface area contributed by atoms with Crippen LogP contribution < -0.4 is 0 Å². The van der Waals surface area contributed by atoms with Crippen molar-refractivity contribution < 1.29 is 0 Å². The molecule has 0 aliphatic heterocycles. The Hall–Kier alpha value is -0.310. The molecule has 0 amide bonds. The van der Waals surface area contributed by atoms with Crippen molar-refractivity contribution in [3.8, 4) is 0 Å². The van der Waals surface area contributed by atoms with E-state index in [1.165, 1.54) is 57.8 Å². The van der Waals surface area contributed by atoms with Crippen molar-refractivity contribution in [1.29, 1.82) is 0 Å². The summed E-state index contributed by atoms with van der Waals surface area (Å²) in [5.74, 6) is 5.26. The Morgan fingerprint density at radius 2 is 1.84 bits per heavy atom. The zero-order chi connectivity index (χ0) is 16.8. The van der Waals surface area contributed by atoms with Crippen LogP contribution in [0.1, 0.15) is 57.8 Å². The highest BCUT2D eigenvalue weighted by Crippen LogP contribution is 2.50. The molecule has 1 heteroatoms. The average Bonchev–Trinajstić information content (AvgIpc) is 2.67. The first kappa shape index (κ1) is 16.8. The summed E-state index contributed by atoms with van der Waals surface area (Å²) in [6.07, 6.45) is 27.8. The van der Waals surface area contributed by atoms with Crippen LogP contribution in [-0.2, 0) is 0 Å². The van der Waals surface area contributed by atoms with E-state index >= 15 is 0 Å². The molecule has 2 saturated carbocycles. The first-order chi connectivity index (χ1) is 12.3. The summed E-state index contributed by atoms with van der Waals surface area (Å²) >= 11 is 2.68. The number of hydrogen-bond acceptors (Lipinski definition) is 0. The minimum atomic E-state index is 0.789. The molecule has 7 atom stereocenters. The Morgan fingerprint density at radius 3 is 2.80 bits per heavy atom. The summed E-state index contributed by atoms with van der Waals surface area (Å²) in [7, 11) is 0. The Bertz CT molecular complexity index is 636. The van der Waals surface area contributed by atoms with Crippen molar-refractivity contribution in [3.63, 3.8) is 0 Å². The number of alkyl halides is 1. The van der Waals surface area contributed by atoms with Gasteiger partial charge in [-0.05, 0) is 93.3 Å². The molecule has 0 nitrogen and oxygen atoms in total. The Kier molecular flexibility index (Phi) is 4.73. The molecule has 0 radical (unpaired) electrons. The molecule has 0 aromatic heterocycles. The number of allylic oxidation sites excluding steroid dienone is 8. The maximum absolute atomic E-state index is 2.73. The predicted molar refractivity (Wildman–Crippen MR) is 115 cm³/mol. The average molecular weight is 446 g/mol. The number of hydrogen-bond donors (Lipinski definition) is 0. The predicted octanol–water partition coefficient (Wildman–Crippen LogP) is 7.03. The zero-order valence-electron chi connectivity index (χ0n) is 15.2. The van der Waals surface area contributed by atoms with Gasteiger partial charge in [0.25, 0.3) is 0 Å². The maximum Gasteiger partial charge on any atom is 0.0118 e. The molecule has 0 heterocycles. The van der Waals surface area contributed by atoms with Crippen molar-refractivity contribution in [2.24, 2.45) is 35.5 Å². The van der Waals surface area contributed by atoms with Crippen LogP contribution in [0.5, 0.6) is 0 Å². The van der Waals surface area contributed by atoms with Gasteiger partial charge < -0.3 is 0 Å². The molecule has 0 spiro atoms.